The minimum absolute atomic E-state index is 0.206. The third kappa shape index (κ3) is 3.41. The number of hydrogen-bond donors (Lipinski definition) is 2. The lowest BCUT2D eigenvalue weighted by atomic mass is 10.1. The topological polar surface area (TPSA) is 41.5 Å². The van der Waals surface area contributed by atoms with Crippen molar-refractivity contribution in [3.05, 3.63) is 29.6 Å². The molecule has 1 aromatic carbocycles. The lowest BCUT2D eigenvalue weighted by molar-refractivity contribution is 0.166. The van der Waals surface area contributed by atoms with Crippen LogP contribution in [-0.4, -0.2) is 24.8 Å². The summed E-state index contributed by atoms with van der Waals surface area (Å²) in [5.41, 5.74) is 0.598. The van der Waals surface area contributed by atoms with Crippen LogP contribution in [0.4, 0.5) is 4.39 Å². The molecule has 1 aromatic rings. The van der Waals surface area contributed by atoms with Crippen LogP contribution in [0.3, 0.4) is 0 Å². The van der Waals surface area contributed by atoms with Crippen molar-refractivity contribution in [2.45, 2.75) is 31.4 Å². The van der Waals surface area contributed by atoms with E-state index in [0.717, 1.165) is 6.54 Å². The van der Waals surface area contributed by atoms with E-state index >= 15 is 0 Å². The average Bonchev–Trinajstić information content (AvgIpc) is 3.13. The number of benzene rings is 1. The lowest BCUT2D eigenvalue weighted by Crippen LogP contribution is -2.19. The van der Waals surface area contributed by atoms with Gasteiger partial charge in [-0.3, -0.25) is 0 Å². The third-order valence-corrected chi connectivity index (χ3v) is 2.99. The monoisotopic (exact) mass is 239 g/mol. The first kappa shape index (κ1) is 12.3. The normalized spacial score (nSPS) is 16.9. The van der Waals surface area contributed by atoms with Crippen LogP contribution in [0.15, 0.2) is 18.2 Å². The van der Waals surface area contributed by atoms with Gasteiger partial charge in [-0.1, -0.05) is 6.07 Å². The number of ether oxygens (including phenoxy) is 1. The van der Waals surface area contributed by atoms with Crippen molar-refractivity contribution in [3.8, 4) is 5.75 Å². The van der Waals surface area contributed by atoms with Gasteiger partial charge < -0.3 is 15.2 Å². The highest BCUT2D eigenvalue weighted by molar-refractivity contribution is 5.30. The molecule has 2 rings (SSSR count). The van der Waals surface area contributed by atoms with Crippen molar-refractivity contribution >= 4 is 0 Å². The number of aliphatic hydroxyl groups excluding tert-OH is 1. The second-order valence-corrected chi connectivity index (χ2v) is 4.43. The van der Waals surface area contributed by atoms with E-state index in [-0.39, 0.29) is 5.75 Å². The second-order valence-electron chi connectivity index (χ2n) is 4.43. The Labute approximate surface area is 101 Å². The van der Waals surface area contributed by atoms with Gasteiger partial charge in [-0.2, -0.15) is 0 Å². The standard InChI is InChI=1S/C13H18FNO2/c1-17-13-5-2-9(8-11(13)14)12(16)6-7-15-10-3-4-10/h2,5,8,10,12,15-16H,3-4,6-7H2,1H3. The maximum absolute atomic E-state index is 13.4. The molecule has 0 bridgehead atoms. The zero-order chi connectivity index (χ0) is 12.3. The van der Waals surface area contributed by atoms with Crippen LogP contribution in [0.1, 0.15) is 30.9 Å². The summed E-state index contributed by atoms with van der Waals surface area (Å²) in [6.07, 6.45) is 2.43. The predicted octanol–water partition coefficient (Wildman–Crippen LogP) is 2.01. The highest BCUT2D eigenvalue weighted by Crippen LogP contribution is 2.24. The first-order chi connectivity index (χ1) is 8.20. The van der Waals surface area contributed by atoms with Gasteiger partial charge in [0.2, 0.25) is 0 Å². The first-order valence-electron chi connectivity index (χ1n) is 5.95. The molecule has 1 atom stereocenters. The highest BCUT2D eigenvalue weighted by atomic mass is 19.1. The average molecular weight is 239 g/mol. The molecule has 1 fully saturated rings. The van der Waals surface area contributed by atoms with Gasteiger partial charge in [-0.05, 0) is 43.5 Å². The van der Waals surface area contributed by atoms with E-state index in [2.05, 4.69) is 5.32 Å². The van der Waals surface area contributed by atoms with E-state index in [1.807, 2.05) is 0 Å². The zero-order valence-electron chi connectivity index (χ0n) is 9.95. The highest BCUT2D eigenvalue weighted by Gasteiger charge is 2.20. The minimum atomic E-state index is -0.623. The maximum Gasteiger partial charge on any atom is 0.165 e. The van der Waals surface area contributed by atoms with Gasteiger partial charge in [0.25, 0.3) is 0 Å². The second kappa shape index (κ2) is 5.47. The molecule has 3 nitrogen and oxygen atoms in total. The Bertz CT molecular complexity index is 380. The van der Waals surface area contributed by atoms with Crippen LogP contribution < -0.4 is 10.1 Å². The molecule has 0 saturated heterocycles. The molecule has 94 valence electrons. The summed E-state index contributed by atoms with van der Waals surface area (Å²) in [5, 5.41) is 13.2. The van der Waals surface area contributed by atoms with E-state index in [1.165, 1.54) is 26.0 Å². The number of aliphatic hydroxyl groups is 1. The molecule has 2 N–H and O–H groups in total. The van der Waals surface area contributed by atoms with Crippen molar-refractivity contribution in [2.75, 3.05) is 13.7 Å². The quantitative estimate of drug-likeness (QED) is 0.798. The van der Waals surface area contributed by atoms with E-state index in [1.54, 1.807) is 12.1 Å². The SMILES string of the molecule is COc1ccc(C(O)CCNC2CC2)cc1F. The van der Waals surface area contributed by atoms with Crippen molar-refractivity contribution in [1.29, 1.82) is 0 Å². The summed E-state index contributed by atoms with van der Waals surface area (Å²) >= 11 is 0. The molecule has 0 spiro atoms. The Morgan fingerprint density at radius 3 is 2.88 bits per heavy atom. The molecular weight excluding hydrogens is 221 g/mol. The van der Waals surface area contributed by atoms with Crippen molar-refractivity contribution < 1.29 is 14.2 Å². The third-order valence-electron chi connectivity index (χ3n) is 2.99. The molecule has 1 aliphatic rings. The molecule has 0 aliphatic heterocycles. The Morgan fingerprint density at radius 1 is 1.53 bits per heavy atom. The molecule has 4 heteroatoms. The maximum atomic E-state index is 13.4. The number of methoxy groups -OCH3 is 1. The molecule has 0 amide bonds. The fourth-order valence-corrected chi connectivity index (χ4v) is 1.77. The molecular formula is C13H18FNO2. The molecule has 1 saturated carbocycles. The van der Waals surface area contributed by atoms with Crippen LogP contribution in [0.25, 0.3) is 0 Å². The summed E-state index contributed by atoms with van der Waals surface area (Å²) in [6, 6.07) is 5.21. The molecule has 17 heavy (non-hydrogen) atoms. The number of rotatable bonds is 6. The Hall–Kier alpha value is -1.13. The van der Waals surface area contributed by atoms with Crippen LogP contribution in [0.5, 0.6) is 5.75 Å². The molecule has 1 aliphatic carbocycles. The molecule has 0 heterocycles. The Kier molecular flexibility index (Phi) is 3.97. The van der Waals surface area contributed by atoms with Crippen LogP contribution >= 0.6 is 0 Å². The van der Waals surface area contributed by atoms with Crippen LogP contribution in [0.2, 0.25) is 0 Å². The molecule has 1 unspecified atom stereocenters. The smallest absolute Gasteiger partial charge is 0.165 e. The minimum Gasteiger partial charge on any atom is -0.494 e. The zero-order valence-corrected chi connectivity index (χ0v) is 9.95. The first-order valence-corrected chi connectivity index (χ1v) is 5.95. The summed E-state index contributed by atoms with van der Waals surface area (Å²) in [7, 11) is 1.42. The Morgan fingerprint density at radius 2 is 2.29 bits per heavy atom. The van der Waals surface area contributed by atoms with Gasteiger partial charge >= 0.3 is 0 Å². The van der Waals surface area contributed by atoms with E-state index in [0.29, 0.717) is 18.0 Å². The van der Waals surface area contributed by atoms with Crippen LogP contribution in [-0.2, 0) is 0 Å². The summed E-state index contributed by atoms with van der Waals surface area (Å²) in [6.45, 7) is 0.763. The van der Waals surface area contributed by atoms with Gasteiger partial charge in [0.1, 0.15) is 0 Å². The van der Waals surface area contributed by atoms with Crippen molar-refractivity contribution in [1.82, 2.24) is 5.32 Å². The summed E-state index contributed by atoms with van der Waals surface area (Å²) in [4.78, 5) is 0. The summed E-state index contributed by atoms with van der Waals surface area (Å²) < 4.78 is 18.3. The van der Waals surface area contributed by atoms with Crippen LogP contribution in [0, 0.1) is 5.82 Å². The number of halogens is 1. The van der Waals surface area contributed by atoms with Gasteiger partial charge in [0.15, 0.2) is 11.6 Å². The number of hydrogen-bond acceptors (Lipinski definition) is 3. The Balaban J connectivity index is 1.88. The molecule has 0 aromatic heterocycles. The predicted molar refractivity (Wildman–Crippen MR) is 63.6 cm³/mol. The summed E-state index contributed by atoms with van der Waals surface area (Å²) in [5.74, 6) is -0.226. The lowest BCUT2D eigenvalue weighted by Gasteiger charge is -2.12. The van der Waals surface area contributed by atoms with E-state index < -0.39 is 11.9 Å². The molecule has 0 radical (unpaired) electrons. The number of nitrogens with one attached hydrogen (secondary N) is 1. The van der Waals surface area contributed by atoms with E-state index in [9.17, 15) is 9.50 Å². The van der Waals surface area contributed by atoms with Crippen molar-refractivity contribution in [2.24, 2.45) is 0 Å². The fourth-order valence-electron chi connectivity index (χ4n) is 1.77. The largest absolute Gasteiger partial charge is 0.494 e. The fraction of sp³-hybridized carbons (Fsp3) is 0.538. The van der Waals surface area contributed by atoms with Gasteiger partial charge in [0.05, 0.1) is 13.2 Å². The van der Waals surface area contributed by atoms with Crippen molar-refractivity contribution in [3.63, 3.8) is 0 Å². The van der Waals surface area contributed by atoms with E-state index in [4.69, 9.17) is 4.74 Å². The van der Waals surface area contributed by atoms with Gasteiger partial charge in [-0.15, -0.1) is 0 Å². The van der Waals surface area contributed by atoms with Gasteiger partial charge in [0, 0.05) is 6.04 Å². The van der Waals surface area contributed by atoms with Gasteiger partial charge in [-0.25, -0.2) is 4.39 Å².